The number of carboxylic acid groups (broad SMARTS) is 1. The number of fused-ring (bicyclic) bond motifs is 1. The molecule has 21 heavy (non-hydrogen) atoms. The molecule has 0 aromatic heterocycles. The molecule has 4 nitrogen and oxygen atoms in total. The zero-order valence-corrected chi connectivity index (χ0v) is 12.6. The van der Waals surface area contributed by atoms with Crippen molar-refractivity contribution >= 4 is 5.97 Å². The van der Waals surface area contributed by atoms with Crippen LogP contribution in [0.2, 0.25) is 0 Å². The Morgan fingerprint density at radius 2 is 2.10 bits per heavy atom. The van der Waals surface area contributed by atoms with E-state index in [2.05, 4.69) is 16.7 Å². The molecule has 0 radical (unpaired) electrons. The maximum Gasteiger partial charge on any atom is 0.312 e. The summed E-state index contributed by atoms with van der Waals surface area (Å²) in [6.45, 7) is 6.14. The minimum atomic E-state index is -0.720. The van der Waals surface area contributed by atoms with Gasteiger partial charge in [-0.1, -0.05) is 30.3 Å². The lowest BCUT2D eigenvalue weighted by atomic mass is 9.97. The van der Waals surface area contributed by atoms with Crippen LogP contribution in [-0.4, -0.2) is 59.1 Å². The molecular weight excluding hydrogens is 264 g/mol. The van der Waals surface area contributed by atoms with Crippen LogP contribution < -0.4 is 0 Å². The fourth-order valence-corrected chi connectivity index (χ4v) is 3.75. The standard InChI is InChI=1S/C17H24N2O2/c1-13-10-18-9-5-8-15(18)11-19(13)12-16(17(20)21)14-6-3-2-4-7-14/h2-4,6-7,13,15-16H,5,8-12H2,1H3,(H,20,21). The van der Waals surface area contributed by atoms with E-state index in [4.69, 9.17) is 0 Å². The zero-order valence-electron chi connectivity index (χ0n) is 12.6. The molecule has 2 heterocycles. The molecule has 0 saturated carbocycles. The van der Waals surface area contributed by atoms with Gasteiger partial charge < -0.3 is 5.11 Å². The van der Waals surface area contributed by atoms with Gasteiger partial charge in [-0.3, -0.25) is 14.6 Å². The van der Waals surface area contributed by atoms with Crippen LogP contribution in [0, 0.1) is 0 Å². The number of carboxylic acids is 1. The number of aliphatic carboxylic acids is 1. The van der Waals surface area contributed by atoms with Gasteiger partial charge in [-0.05, 0) is 31.9 Å². The summed E-state index contributed by atoms with van der Waals surface area (Å²) in [7, 11) is 0. The SMILES string of the molecule is CC1CN2CCCC2CN1CC(C(=O)O)c1ccccc1. The third-order valence-electron chi connectivity index (χ3n) is 4.98. The summed E-state index contributed by atoms with van der Waals surface area (Å²) in [6.07, 6.45) is 2.54. The van der Waals surface area contributed by atoms with E-state index in [9.17, 15) is 9.90 Å². The van der Waals surface area contributed by atoms with E-state index >= 15 is 0 Å². The second kappa shape index (κ2) is 6.16. The lowest BCUT2D eigenvalue weighted by molar-refractivity contribution is -0.139. The summed E-state index contributed by atoms with van der Waals surface area (Å²) in [5.41, 5.74) is 0.908. The number of carbonyl (C=O) groups is 1. The highest BCUT2D eigenvalue weighted by Crippen LogP contribution is 2.27. The molecule has 2 saturated heterocycles. The second-order valence-electron chi connectivity index (χ2n) is 6.40. The van der Waals surface area contributed by atoms with E-state index in [-0.39, 0.29) is 0 Å². The number of rotatable bonds is 4. The van der Waals surface area contributed by atoms with Crippen LogP contribution in [0.4, 0.5) is 0 Å². The first-order valence-corrected chi connectivity index (χ1v) is 7.91. The van der Waals surface area contributed by atoms with E-state index in [0.29, 0.717) is 18.6 Å². The van der Waals surface area contributed by atoms with Gasteiger partial charge in [0.05, 0.1) is 5.92 Å². The van der Waals surface area contributed by atoms with Gasteiger partial charge in [0.25, 0.3) is 0 Å². The summed E-state index contributed by atoms with van der Waals surface area (Å²) in [6, 6.07) is 10.7. The summed E-state index contributed by atoms with van der Waals surface area (Å²) in [5, 5.41) is 9.59. The highest BCUT2D eigenvalue weighted by molar-refractivity contribution is 5.76. The maximum absolute atomic E-state index is 11.7. The van der Waals surface area contributed by atoms with Crippen molar-refractivity contribution < 1.29 is 9.90 Å². The Hall–Kier alpha value is -1.39. The summed E-state index contributed by atoms with van der Waals surface area (Å²) >= 11 is 0. The van der Waals surface area contributed by atoms with Crippen molar-refractivity contribution in [2.45, 2.75) is 37.8 Å². The molecule has 2 fully saturated rings. The highest BCUT2D eigenvalue weighted by Gasteiger charge is 2.36. The van der Waals surface area contributed by atoms with Crippen LogP contribution in [0.5, 0.6) is 0 Å². The third kappa shape index (κ3) is 3.11. The van der Waals surface area contributed by atoms with Crippen LogP contribution >= 0.6 is 0 Å². The fourth-order valence-electron chi connectivity index (χ4n) is 3.75. The molecule has 114 valence electrons. The number of piperazine rings is 1. The number of nitrogens with zero attached hydrogens (tertiary/aromatic N) is 2. The van der Waals surface area contributed by atoms with Crippen LogP contribution in [0.15, 0.2) is 30.3 Å². The Bertz CT molecular complexity index is 491. The second-order valence-corrected chi connectivity index (χ2v) is 6.40. The number of hydrogen-bond donors (Lipinski definition) is 1. The normalized spacial score (nSPS) is 28.2. The highest BCUT2D eigenvalue weighted by atomic mass is 16.4. The lowest BCUT2D eigenvalue weighted by Crippen LogP contribution is -2.56. The predicted molar refractivity (Wildman–Crippen MR) is 82.4 cm³/mol. The van der Waals surface area contributed by atoms with Gasteiger partial charge >= 0.3 is 5.97 Å². The van der Waals surface area contributed by atoms with E-state index in [1.165, 1.54) is 19.4 Å². The fraction of sp³-hybridized carbons (Fsp3) is 0.588. The van der Waals surface area contributed by atoms with Crippen molar-refractivity contribution in [1.29, 1.82) is 0 Å². The number of hydrogen-bond acceptors (Lipinski definition) is 3. The quantitative estimate of drug-likeness (QED) is 0.920. The first kappa shape index (κ1) is 14.5. The monoisotopic (exact) mass is 288 g/mol. The summed E-state index contributed by atoms with van der Waals surface area (Å²) < 4.78 is 0. The molecule has 1 aromatic rings. The Kier molecular flexibility index (Phi) is 4.27. The zero-order chi connectivity index (χ0) is 14.8. The molecule has 0 bridgehead atoms. The first-order valence-electron chi connectivity index (χ1n) is 7.91. The van der Waals surface area contributed by atoms with Crippen molar-refractivity contribution in [3.05, 3.63) is 35.9 Å². The molecule has 0 amide bonds. The molecule has 1 aromatic carbocycles. The molecule has 3 rings (SSSR count). The molecular formula is C17H24N2O2. The van der Waals surface area contributed by atoms with Gasteiger partial charge in [0.15, 0.2) is 0 Å². The molecule has 2 aliphatic rings. The van der Waals surface area contributed by atoms with Crippen molar-refractivity contribution in [3.63, 3.8) is 0 Å². The van der Waals surface area contributed by atoms with Gasteiger partial charge in [0.1, 0.15) is 0 Å². The molecule has 2 aliphatic heterocycles. The van der Waals surface area contributed by atoms with Crippen LogP contribution in [0.25, 0.3) is 0 Å². The Morgan fingerprint density at radius 3 is 2.81 bits per heavy atom. The Labute approximate surface area is 126 Å². The lowest BCUT2D eigenvalue weighted by Gasteiger charge is -2.43. The van der Waals surface area contributed by atoms with E-state index in [1.54, 1.807) is 0 Å². The van der Waals surface area contributed by atoms with Crippen molar-refractivity contribution in [3.8, 4) is 0 Å². The summed E-state index contributed by atoms with van der Waals surface area (Å²) in [4.78, 5) is 16.6. The molecule has 3 unspecified atom stereocenters. The molecule has 0 aliphatic carbocycles. The van der Waals surface area contributed by atoms with Crippen LogP contribution in [0.3, 0.4) is 0 Å². The van der Waals surface area contributed by atoms with E-state index in [0.717, 1.165) is 18.7 Å². The van der Waals surface area contributed by atoms with Crippen LogP contribution in [0.1, 0.15) is 31.2 Å². The predicted octanol–water partition coefficient (Wildman–Crippen LogP) is 2.02. The van der Waals surface area contributed by atoms with Gasteiger partial charge in [-0.25, -0.2) is 0 Å². The average Bonchev–Trinajstić information content (AvgIpc) is 2.92. The van der Waals surface area contributed by atoms with Gasteiger partial charge in [-0.15, -0.1) is 0 Å². The summed E-state index contributed by atoms with van der Waals surface area (Å²) in [5.74, 6) is -1.15. The van der Waals surface area contributed by atoms with Gasteiger partial charge in [0, 0.05) is 31.7 Å². The van der Waals surface area contributed by atoms with Crippen LogP contribution in [-0.2, 0) is 4.79 Å². The first-order chi connectivity index (χ1) is 10.1. The molecule has 1 N–H and O–H groups in total. The van der Waals surface area contributed by atoms with Crippen molar-refractivity contribution in [2.24, 2.45) is 0 Å². The van der Waals surface area contributed by atoms with Crippen molar-refractivity contribution in [1.82, 2.24) is 9.80 Å². The molecule has 0 spiro atoms. The van der Waals surface area contributed by atoms with E-state index < -0.39 is 11.9 Å². The van der Waals surface area contributed by atoms with Crippen molar-refractivity contribution in [2.75, 3.05) is 26.2 Å². The topological polar surface area (TPSA) is 43.8 Å². The third-order valence-corrected chi connectivity index (χ3v) is 4.98. The maximum atomic E-state index is 11.7. The smallest absolute Gasteiger partial charge is 0.312 e. The molecule has 4 heteroatoms. The largest absolute Gasteiger partial charge is 0.481 e. The van der Waals surface area contributed by atoms with E-state index in [1.807, 2.05) is 30.3 Å². The Morgan fingerprint density at radius 1 is 1.33 bits per heavy atom. The van der Waals surface area contributed by atoms with Gasteiger partial charge in [-0.2, -0.15) is 0 Å². The Balaban J connectivity index is 1.72. The molecule has 3 atom stereocenters. The van der Waals surface area contributed by atoms with Gasteiger partial charge in [0.2, 0.25) is 0 Å². The number of benzene rings is 1. The minimum Gasteiger partial charge on any atom is -0.481 e. The average molecular weight is 288 g/mol. The minimum absolute atomic E-state index is 0.429.